The van der Waals surface area contributed by atoms with Gasteiger partial charge in [-0.15, -0.1) is 0 Å². The van der Waals surface area contributed by atoms with Crippen LogP contribution < -0.4 is 20.9 Å². The first-order chi connectivity index (χ1) is 18.9. The third kappa shape index (κ3) is 5.37. The Labute approximate surface area is 226 Å². The molecule has 2 atom stereocenters. The van der Waals surface area contributed by atoms with Crippen molar-refractivity contribution in [2.45, 2.75) is 62.6 Å². The van der Waals surface area contributed by atoms with E-state index in [-0.39, 0.29) is 30.3 Å². The van der Waals surface area contributed by atoms with E-state index in [2.05, 4.69) is 38.0 Å². The predicted octanol–water partition coefficient (Wildman–Crippen LogP) is 4.50. The van der Waals surface area contributed by atoms with Crippen LogP contribution in [0, 0.1) is 0 Å². The van der Waals surface area contributed by atoms with Crippen molar-refractivity contribution in [3.05, 3.63) is 77.3 Å². The molecule has 39 heavy (non-hydrogen) atoms. The molecule has 6 rings (SSSR count). The van der Waals surface area contributed by atoms with E-state index in [9.17, 15) is 18.3 Å². The van der Waals surface area contributed by atoms with Crippen LogP contribution in [0.2, 0.25) is 0 Å². The van der Waals surface area contributed by atoms with Gasteiger partial charge in [0.2, 0.25) is 0 Å². The number of anilines is 2. The highest BCUT2D eigenvalue weighted by atomic mass is 19.4. The van der Waals surface area contributed by atoms with Crippen molar-refractivity contribution in [1.29, 1.82) is 0 Å². The Balaban J connectivity index is 1.26. The lowest BCUT2D eigenvalue weighted by atomic mass is 9.96. The van der Waals surface area contributed by atoms with E-state index in [4.69, 9.17) is 0 Å². The van der Waals surface area contributed by atoms with Crippen LogP contribution in [0.15, 0.2) is 66.1 Å². The predicted molar refractivity (Wildman–Crippen MR) is 145 cm³/mol. The number of allylic oxidation sites excluding steroid dienone is 1. The van der Waals surface area contributed by atoms with E-state index in [1.54, 1.807) is 11.1 Å². The smallest absolute Gasteiger partial charge is 0.395 e. The molecule has 7 nitrogen and oxygen atoms in total. The molecule has 0 amide bonds. The molecule has 0 radical (unpaired) electrons. The molecular weight excluding hydrogens is 505 g/mol. The summed E-state index contributed by atoms with van der Waals surface area (Å²) in [5.74, 6) is -0.0837. The summed E-state index contributed by atoms with van der Waals surface area (Å²) in [6.07, 6.45) is 6.27. The van der Waals surface area contributed by atoms with Gasteiger partial charge in [0.1, 0.15) is 18.3 Å². The van der Waals surface area contributed by atoms with Crippen LogP contribution >= 0.6 is 0 Å². The molecule has 1 aromatic carbocycles. The second kappa shape index (κ2) is 10.5. The summed E-state index contributed by atoms with van der Waals surface area (Å²) in [6.45, 7) is 2.50. The fraction of sp³-hybridized carbons (Fsp3) is 0.483. The maximum absolute atomic E-state index is 13.7. The number of aliphatic hydroxyl groups is 1. The van der Waals surface area contributed by atoms with Crippen molar-refractivity contribution in [2.75, 3.05) is 36.5 Å². The van der Waals surface area contributed by atoms with Gasteiger partial charge in [0.25, 0.3) is 0 Å². The molecule has 1 aromatic heterocycles. The molecule has 1 aliphatic carbocycles. The standard InChI is InChI=1S/C29H35F3N6O/c30-29(31,32)23-5-4-14-33-26(23)37-17-10-22-24(11-18-37)35-27(38-15-2-1-3-16-38)36-25(22)34-21-8-6-20(7-9-21)28(19-39)12-13-28/h4-9,11,14,18,25,27,34-36,39H,1-3,10,12-13,15-17,19H2. The number of halogens is 3. The van der Waals surface area contributed by atoms with Crippen molar-refractivity contribution in [2.24, 2.45) is 0 Å². The molecule has 10 heteroatoms. The van der Waals surface area contributed by atoms with E-state index in [1.165, 1.54) is 18.7 Å². The minimum atomic E-state index is -4.48. The molecule has 4 N–H and O–H groups in total. The number of hydrogen-bond acceptors (Lipinski definition) is 7. The summed E-state index contributed by atoms with van der Waals surface area (Å²) >= 11 is 0. The number of pyridine rings is 1. The maximum Gasteiger partial charge on any atom is 0.419 e. The van der Waals surface area contributed by atoms with Gasteiger partial charge in [-0.25, -0.2) is 4.98 Å². The van der Waals surface area contributed by atoms with E-state index in [0.717, 1.165) is 67.4 Å². The van der Waals surface area contributed by atoms with Crippen LogP contribution in [0.3, 0.4) is 0 Å². The highest BCUT2D eigenvalue weighted by molar-refractivity contribution is 5.54. The fourth-order valence-corrected chi connectivity index (χ4v) is 5.91. The zero-order valence-corrected chi connectivity index (χ0v) is 21.8. The Kier molecular flexibility index (Phi) is 7.03. The Bertz CT molecular complexity index is 1230. The molecule has 2 unspecified atom stereocenters. The average molecular weight is 541 g/mol. The van der Waals surface area contributed by atoms with Crippen molar-refractivity contribution in [1.82, 2.24) is 20.5 Å². The van der Waals surface area contributed by atoms with Crippen LogP contribution in [-0.2, 0) is 11.6 Å². The van der Waals surface area contributed by atoms with Gasteiger partial charge in [-0.2, -0.15) is 13.2 Å². The number of aromatic nitrogens is 1. The van der Waals surface area contributed by atoms with Crippen LogP contribution in [0.5, 0.6) is 0 Å². The number of benzene rings is 1. The Morgan fingerprint density at radius 3 is 2.51 bits per heavy atom. The first-order valence-corrected chi connectivity index (χ1v) is 13.8. The van der Waals surface area contributed by atoms with Crippen molar-refractivity contribution in [3.63, 3.8) is 0 Å². The molecule has 3 aliphatic heterocycles. The zero-order chi connectivity index (χ0) is 27.0. The molecule has 1 saturated heterocycles. The number of rotatable bonds is 6. The molecule has 2 fully saturated rings. The van der Waals surface area contributed by atoms with Gasteiger partial charge in [-0.05, 0) is 73.6 Å². The lowest BCUT2D eigenvalue weighted by molar-refractivity contribution is -0.137. The SMILES string of the molecule is OCC1(c2ccc(NC3NC(N4CCCCC4)NC4=C3CCN(c3ncccc3C(F)(F)F)C=C4)cc2)CC1. The zero-order valence-electron chi connectivity index (χ0n) is 21.8. The van der Waals surface area contributed by atoms with Gasteiger partial charge in [0.05, 0.1) is 12.2 Å². The number of piperidine rings is 1. The second-order valence-corrected chi connectivity index (χ2v) is 11.0. The Morgan fingerprint density at radius 2 is 1.82 bits per heavy atom. The summed E-state index contributed by atoms with van der Waals surface area (Å²) in [6, 6.07) is 10.7. The summed E-state index contributed by atoms with van der Waals surface area (Å²) in [5, 5.41) is 20.8. The Morgan fingerprint density at radius 1 is 1.05 bits per heavy atom. The highest BCUT2D eigenvalue weighted by Gasteiger charge is 2.43. The third-order valence-electron chi connectivity index (χ3n) is 8.44. The molecule has 208 valence electrons. The fourth-order valence-electron chi connectivity index (χ4n) is 5.91. The second-order valence-electron chi connectivity index (χ2n) is 11.0. The first-order valence-electron chi connectivity index (χ1n) is 13.8. The monoisotopic (exact) mass is 540 g/mol. The van der Waals surface area contributed by atoms with Gasteiger partial charge >= 0.3 is 6.18 Å². The van der Waals surface area contributed by atoms with E-state index in [1.807, 2.05) is 18.2 Å². The van der Waals surface area contributed by atoms with E-state index in [0.29, 0.717) is 13.0 Å². The summed E-state index contributed by atoms with van der Waals surface area (Å²) < 4.78 is 41.2. The molecule has 2 aromatic rings. The molecule has 0 spiro atoms. The molecular formula is C29H35F3N6O. The quantitative estimate of drug-likeness (QED) is 0.430. The van der Waals surface area contributed by atoms with Gasteiger partial charge in [-0.1, -0.05) is 18.6 Å². The van der Waals surface area contributed by atoms with Gasteiger partial charge in [-0.3, -0.25) is 10.2 Å². The van der Waals surface area contributed by atoms with Crippen molar-refractivity contribution >= 4 is 11.5 Å². The van der Waals surface area contributed by atoms with Gasteiger partial charge in [0, 0.05) is 48.8 Å². The highest BCUT2D eigenvalue weighted by Crippen LogP contribution is 2.47. The molecule has 1 saturated carbocycles. The number of alkyl halides is 3. The van der Waals surface area contributed by atoms with E-state index >= 15 is 0 Å². The van der Waals surface area contributed by atoms with Crippen LogP contribution in [-0.4, -0.2) is 53.7 Å². The Hall–Kier alpha value is -3.08. The topological polar surface area (TPSA) is 75.7 Å². The molecule has 4 heterocycles. The normalized spacial score (nSPS) is 25.1. The van der Waals surface area contributed by atoms with Crippen molar-refractivity contribution < 1.29 is 18.3 Å². The lowest BCUT2D eigenvalue weighted by Crippen LogP contribution is -2.63. The lowest BCUT2D eigenvalue weighted by Gasteiger charge is -2.43. The first kappa shape index (κ1) is 26.2. The summed E-state index contributed by atoms with van der Waals surface area (Å²) in [5.41, 5.74) is 3.26. The van der Waals surface area contributed by atoms with Crippen LogP contribution in [0.1, 0.15) is 49.7 Å². The largest absolute Gasteiger partial charge is 0.419 e. The maximum atomic E-state index is 13.7. The van der Waals surface area contributed by atoms with Gasteiger partial charge < -0.3 is 20.6 Å². The average Bonchev–Trinajstić information content (AvgIpc) is 3.78. The summed E-state index contributed by atoms with van der Waals surface area (Å²) in [4.78, 5) is 8.08. The summed E-state index contributed by atoms with van der Waals surface area (Å²) in [7, 11) is 0. The minimum Gasteiger partial charge on any atom is -0.395 e. The van der Waals surface area contributed by atoms with Crippen LogP contribution in [0.25, 0.3) is 0 Å². The third-order valence-corrected chi connectivity index (χ3v) is 8.44. The number of nitrogens with one attached hydrogen (secondary N) is 3. The van der Waals surface area contributed by atoms with Crippen molar-refractivity contribution in [3.8, 4) is 0 Å². The van der Waals surface area contributed by atoms with E-state index < -0.39 is 11.7 Å². The molecule has 0 bridgehead atoms. The molecule has 4 aliphatic rings. The minimum absolute atomic E-state index is 0.0837. The number of aliphatic hydroxyl groups excluding tert-OH is 1. The number of nitrogens with zero attached hydrogens (tertiary/aromatic N) is 3. The van der Waals surface area contributed by atoms with Gasteiger partial charge in [0.15, 0.2) is 0 Å². The van der Waals surface area contributed by atoms with Crippen LogP contribution in [0.4, 0.5) is 24.7 Å². The number of likely N-dealkylation sites (tertiary alicyclic amines) is 1. The number of hydrogen-bond donors (Lipinski definition) is 4.